The van der Waals surface area contributed by atoms with Crippen molar-refractivity contribution in [2.45, 2.75) is 0 Å². The molecule has 0 atom stereocenters. The summed E-state index contributed by atoms with van der Waals surface area (Å²) in [7, 11) is 1.31. The Bertz CT molecular complexity index is 474. The summed E-state index contributed by atoms with van der Waals surface area (Å²) in [6.07, 6.45) is 3.56. The highest BCUT2D eigenvalue weighted by Crippen LogP contribution is 2.17. The highest BCUT2D eigenvalue weighted by Gasteiger charge is 2.21. The van der Waals surface area contributed by atoms with Crippen LogP contribution in [0.1, 0.15) is 5.56 Å². The molecule has 1 heterocycles. The number of carbonyl (C=O) groups excluding carboxylic acids is 1. The number of rotatable bonds is 3. The quantitative estimate of drug-likeness (QED) is 0.766. The zero-order valence-corrected chi connectivity index (χ0v) is 10.1. The maximum atomic E-state index is 11.5. The molecule has 4 heteroatoms. The van der Waals surface area contributed by atoms with Gasteiger partial charge >= 0.3 is 5.97 Å². The van der Waals surface area contributed by atoms with E-state index in [1.807, 2.05) is 36.4 Å². The second-order valence-electron chi connectivity index (χ2n) is 3.63. The van der Waals surface area contributed by atoms with E-state index in [1.165, 1.54) is 7.11 Å². The van der Waals surface area contributed by atoms with Crippen molar-refractivity contribution in [2.24, 2.45) is 0 Å². The van der Waals surface area contributed by atoms with Gasteiger partial charge < -0.3 is 14.2 Å². The van der Waals surface area contributed by atoms with Gasteiger partial charge in [-0.1, -0.05) is 36.4 Å². The van der Waals surface area contributed by atoms with E-state index in [-0.39, 0.29) is 5.76 Å². The van der Waals surface area contributed by atoms with Gasteiger partial charge in [-0.2, -0.15) is 0 Å². The average molecular weight is 246 g/mol. The van der Waals surface area contributed by atoms with E-state index in [9.17, 15) is 4.79 Å². The zero-order valence-electron chi connectivity index (χ0n) is 10.1. The molecule has 0 fully saturated rings. The second kappa shape index (κ2) is 5.91. The first kappa shape index (κ1) is 12.2. The van der Waals surface area contributed by atoms with Gasteiger partial charge in [0.15, 0.2) is 5.76 Å². The summed E-state index contributed by atoms with van der Waals surface area (Å²) in [5, 5.41) is 0. The van der Waals surface area contributed by atoms with Crippen molar-refractivity contribution in [3.63, 3.8) is 0 Å². The van der Waals surface area contributed by atoms with Gasteiger partial charge in [-0.25, -0.2) is 4.79 Å². The fourth-order valence-electron chi connectivity index (χ4n) is 1.54. The Morgan fingerprint density at radius 1 is 1.17 bits per heavy atom. The van der Waals surface area contributed by atoms with E-state index in [1.54, 1.807) is 6.08 Å². The number of hydrogen-bond donors (Lipinski definition) is 0. The van der Waals surface area contributed by atoms with E-state index < -0.39 is 5.97 Å². The third kappa shape index (κ3) is 2.91. The molecule has 0 spiro atoms. The molecular formula is C14H14O4. The molecule has 0 radical (unpaired) electrons. The number of ether oxygens (including phenoxy) is 3. The first-order valence-electron chi connectivity index (χ1n) is 5.62. The molecule has 0 saturated carbocycles. The van der Waals surface area contributed by atoms with Crippen molar-refractivity contribution in [3.05, 3.63) is 53.5 Å². The van der Waals surface area contributed by atoms with Gasteiger partial charge in [0.05, 0.1) is 7.11 Å². The number of esters is 1. The fraction of sp³-hybridized carbons (Fsp3) is 0.214. The predicted octanol–water partition coefficient (Wildman–Crippen LogP) is 2.13. The van der Waals surface area contributed by atoms with Crippen molar-refractivity contribution in [3.8, 4) is 0 Å². The van der Waals surface area contributed by atoms with Crippen LogP contribution in [0.2, 0.25) is 0 Å². The normalized spacial score (nSPS) is 15.2. The molecule has 1 aromatic carbocycles. The van der Waals surface area contributed by atoms with Gasteiger partial charge in [-0.15, -0.1) is 0 Å². The molecule has 4 nitrogen and oxygen atoms in total. The predicted molar refractivity (Wildman–Crippen MR) is 66.4 cm³/mol. The lowest BCUT2D eigenvalue weighted by molar-refractivity contribution is -0.141. The van der Waals surface area contributed by atoms with Gasteiger partial charge in [0.1, 0.15) is 13.2 Å². The SMILES string of the molecule is COC(=O)C1=C(/C=C/c2ccccc2)OCCO1. The van der Waals surface area contributed by atoms with Gasteiger partial charge in [0.25, 0.3) is 0 Å². The third-order valence-corrected chi connectivity index (χ3v) is 2.41. The van der Waals surface area contributed by atoms with Crippen molar-refractivity contribution >= 4 is 12.0 Å². The first-order valence-corrected chi connectivity index (χ1v) is 5.62. The maximum absolute atomic E-state index is 11.5. The summed E-state index contributed by atoms with van der Waals surface area (Å²) in [6, 6.07) is 9.73. The second-order valence-corrected chi connectivity index (χ2v) is 3.63. The van der Waals surface area contributed by atoms with E-state index in [2.05, 4.69) is 4.74 Å². The maximum Gasteiger partial charge on any atom is 0.377 e. The summed E-state index contributed by atoms with van der Waals surface area (Å²) < 4.78 is 15.3. The Kier molecular flexibility index (Phi) is 4.02. The van der Waals surface area contributed by atoms with Crippen LogP contribution < -0.4 is 0 Å². The van der Waals surface area contributed by atoms with Crippen molar-refractivity contribution in [2.75, 3.05) is 20.3 Å². The number of hydrogen-bond acceptors (Lipinski definition) is 4. The monoisotopic (exact) mass is 246 g/mol. The first-order chi connectivity index (χ1) is 8.81. The Morgan fingerprint density at radius 3 is 2.61 bits per heavy atom. The van der Waals surface area contributed by atoms with Crippen LogP contribution >= 0.6 is 0 Å². The van der Waals surface area contributed by atoms with Gasteiger partial charge in [-0.3, -0.25) is 0 Å². The van der Waals surface area contributed by atoms with Crippen LogP contribution in [-0.4, -0.2) is 26.3 Å². The van der Waals surface area contributed by atoms with Crippen molar-refractivity contribution in [1.82, 2.24) is 0 Å². The summed E-state index contributed by atoms with van der Waals surface area (Å²) in [4.78, 5) is 11.5. The third-order valence-electron chi connectivity index (χ3n) is 2.41. The average Bonchev–Trinajstić information content (AvgIpc) is 2.45. The van der Waals surface area contributed by atoms with Gasteiger partial charge in [0.2, 0.25) is 5.76 Å². The summed E-state index contributed by atoms with van der Waals surface area (Å²) in [5.74, 6) is -0.00436. The molecule has 18 heavy (non-hydrogen) atoms. The lowest BCUT2D eigenvalue weighted by atomic mass is 10.2. The molecule has 0 aliphatic carbocycles. The smallest absolute Gasteiger partial charge is 0.377 e. The van der Waals surface area contributed by atoms with E-state index in [4.69, 9.17) is 9.47 Å². The highest BCUT2D eigenvalue weighted by molar-refractivity contribution is 5.87. The number of benzene rings is 1. The minimum absolute atomic E-state index is 0.121. The fourth-order valence-corrected chi connectivity index (χ4v) is 1.54. The van der Waals surface area contributed by atoms with Crippen LogP contribution in [0.15, 0.2) is 47.9 Å². The molecule has 1 aromatic rings. The molecule has 0 unspecified atom stereocenters. The van der Waals surface area contributed by atoms with Gasteiger partial charge in [-0.05, 0) is 11.6 Å². The van der Waals surface area contributed by atoms with Crippen LogP contribution in [0.4, 0.5) is 0 Å². The molecule has 0 amide bonds. The Hall–Kier alpha value is -2.23. The molecular weight excluding hydrogens is 232 g/mol. The largest absolute Gasteiger partial charge is 0.486 e. The standard InChI is InChI=1S/C14H14O4/c1-16-14(15)13-12(17-9-10-18-13)8-7-11-5-3-2-4-6-11/h2-8H,9-10H2,1H3/b8-7+. The van der Waals surface area contributed by atoms with Crippen molar-refractivity contribution < 1.29 is 19.0 Å². The topological polar surface area (TPSA) is 44.8 Å². The lowest BCUT2D eigenvalue weighted by Gasteiger charge is -2.18. The minimum atomic E-state index is -0.526. The lowest BCUT2D eigenvalue weighted by Crippen LogP contribution is -2.19. The van der Waals surface area contributed by atoms with Crippen LogP contribution in [0.5, 0.6) is 0 Å². The number of methoxy groups -OCH3 is 1. The van der Waals surface area contributed by atoms with E-state index in [0.717, 1.165) is 5.56 Å². The molecule has 0 aromatic heterocycles. The van der Waals surface area contributed by atoms with E-state index in [0.29, 0.717) is 19.0 Å². The Balaban J connectivity index is 2.21. The Labute approximate surface area is 105 Å². The molecule has 1 aliphatic rings. The molecule has 2 rings (SSSR count). The summed E-state index contributed by atoms with van der Waals surface area (Å²) >= 11 is 0. The van der Waals surface area contributed by atoms with Crippen LogP contribution in [0, 0.1) is 0 Å². The van der Waals surface area contributed by atoms with E-state index >= 15 is 0 Å². The van der Waals surface area contributed by atoms with Crippen LogP contribution in [0.25, 0.3) is 6.08 Å². The minimum Gasteiger partial charge on any atom is -0.486 e. The summed E-state index contributed by atoms with van der Waals surface area (Å²) in [6.45, 7) is 0.780. The zero-order chi connectivity index (χ0) is 12.8. The van der Waals surface area contributed by atoms with Crippen LogP contribution in [0.3, 0.4) is 0 Å². The summed E-state index contributed by atoms with van der Waals surface area (Å²) in [5.41, 5.74) is 1.02. The van der Waals surface area contributed by atoms with Crippen LogP contribution in [-0.2, 0) is 19.0 Å². The molecule has 0 bridgehead atoms. The number of allylic oxidation sites excluding steroid dienone is 1. The highest BCUT2D eigenvalue weighted by atomic mass is 16.6. The molecule has 94 valence electrons. The molecule has 0 N–H and O–H groups in total. The molecule has 1 aliphatic heterocycles. The van der Waals surface area contributed by atoms with Gasteiger partial charge in [0, 0.05) is 0 Å². The number of carbonyl (C=O) groups is 1. The Morgan fingerprint density at radius 2 is 1.89 bits per heavy atom. The molecule has 0 saturated heterocycles. The van der Waals surface area contributed by atoms with Crippen molar-refractivity contribution in [1.29, 1.82) is 0 Å².